The number of aromatic nitrogens is 3. The lowest BCUT2D eigenvalue weighted by molar-refractivity contribution is 0.437. The van der Waals surface area contributed by atoms with Gasteiger partial charge in [-0.1, -0.05) is 36.2 Å². The minimum Gasteiger partial charge on any atom is -0.309 e. The predicted molar refractivity (Wildman–Crippen MR) is 79.8 cm³/mol. The largest absolute Gasteiger partial charge is 0.345 e. The summed E-state index contributed by atoms with van der Waals surface area (Å²) in [7, 11) is 1.71. The van der Waals surface area contributed by atoms with Crippen LogP contribution in [0.2, 0.25) is 0 Å². The molecule has 0 radical (unpaired) electrons. The van der Waals surface area contributed by atoms with E-state index in [9.17, 15) is 4.79 Å². The fraction of sp³-hybridized carbons (Fsp3) is 0.467. The van der Waals surface area contributed by atoms with E-state index in [0.717, 1.165) is 6.54 Å². The SMILES string of the molecule is CCNC(Cn1ncn(C)c1=O)c1cc(C)cc(C)c1. The molecule has 0 aliphatic heterocycles. The first-order valence-electron chi connectivity index (χ1n) is 6.91. The average Bonchev–Trinajstić information content (AvgIpc) is 2.69. The van der Waals surface area contributed by atoms with Gasteiger partial charge in [-0.3, -0.25) is 4.57 Å². The van der Waals surface area contributed by atoms with Gasteiger partial charge in [0.05, 0.1) is 12.6 Å². The van der Waals surface area contributed by atoms with Crippen LogP contribution in [-0.2, 0) is 13.6 Å². The van der Waals surface area contributed by atoms with Crippen LogP contribution >= 0.6 is 0 Å². The van der Waals surface area contributed by atoms with E-state index in [-0.39, 0.29) is 11.7 Å². The Morgan fingerprint density at radius 2 is 1.90 bits per heavy atom. The van der Waals surface area contributed by atoms with Crippen molar-refractivity contribution in [2.24, 2.45) is 7.05 Å². The molecule has 0 saturated heterocycles. The van der Waals surface area contributed by atoms with Gasteiger partial charge in [-0.05, 0) is 26.0 Å². The number of hydrogen-bond acceptors (Lipinski definition) is 3. The standard InChI is InChI=1S/C15H22N4O/c1-5-16-14(9-19-15(20)18(4)10-17-19)13-7-11(2)6-12(3)8-13/h6-8,10,14,16H,5,9H2,1-4H3. The lowest BCUT2D eigenvalue weighted by Crippen LogP contribution is -2.31. The molecule has 0 saturated carbocycles. The van der Waals surface area contributed by atoms with Crippen LogP contribution in [0.5, 0.6) is 0 Å². The van der Waals surface area contributed by atoms with Crippen molar-refractivity contribution in [1.29, 1.82) is 0 Å². The highest BCUT2D eigenvalue weighted by molar-refractivity contribution is 5.30. The van der Waals surface area contributed by atoms with E-state index in [1.165, 1.54) is 25.9 Å². The van der Waals surface area contributed by atoms with Gasteiger partial charge in [0.25, 0.3) is 0 Å². The summed E-state index contributed by atoms with van der Waals surface area (Å²) in [6, 6.07) is 6.56. The summed E-state index contributed by atoms with van der Waals surface area (Å²) >= 11 is 0. The zero-order valence-electron chi connectivity index (χ0n) is 12.6. The van der Waals surface area contributed by atoms with E-state index in [0.29, 0.717) is 6.54 Å². The molecule has 0 aliphatic rings. The molecule has 1 aromatic carbocycles. The number of rotatable bonds is 5. The third-order valence-electron chi connectivity index (χ3n) is 3.34. The second-order valence-electron chi connectivity index (χ2n) is 5.24. The molecule has 0 spiro atoms. The first-order valence-corrected chi connectivity index (χ1v) is 6.91. The van der Waals surface area contributed by atoms with E-state index in [2.05, 4.69) is 49.4 Å². The summed E-state index contributed by atoms with van der Waals surface area (Å²) in [6.45, 7) is 7.63. The molecule has 5 nitrogen and oxygen atoms in total. The molecular formula is C15H22N4O. The quantitative estimate of drug-likeness (QED) is 0.900. The number of benzene rings is 1. The normalized spacial score (nSPS) is 12.6. The molecule has 2 rings (SSSR count). The first-order chi connectivity index (χ1) is 9.51. The molecule has 1 atom stereocenters. The fourth-order valence-corrected chi connectivity index (χ4v) is 2.46. The highest BCUT2D eigenvalue weighted by Gasteiger charge is 2.14. The smallest absolute Gasteiger partial charge is 0.309 e. The van der Waals surface area contributed by atoms with Gasteiger partial charge < -0.3 is 5.32 Å². The van der Waals surface area contributed by atoms with E-state index < -0.39 is 0 Å². The van der Waals surface area contributed by atoms with Gasteiger partial charge in [-0.2, -0.15) is 5.10 Å². The summed E-state index contributed by atoms with van der Waals surface area (Å²) in [4.78, 5) is 11.9. The third-order valence-corrected chi connectivity index (χ3v) is 3.34. The zero-order chi connectivity index (χ0) is 14.7. The molecule has 0 fully saturated rings. The van der Waals surface area contributed by atoms with E-state index in [1.807, 2.05) is 0 Å². The highest BCUT2D eigenvalue weighted by Crippen LogP contribution is 2.18. The Hall–Kier alpha value is -1.88. The van der Waals surface area contributed by atoms with Crippen LogP contribution in [0.3, 0.4) is 0 Å². The van der Waals surface area contributed by atoms with Crippen molar-refractivity contribution in [3.05, 3.63) is 51.7 Å². The van der Waals surface area contributed by atoms with Gasteiger partial charge >= 0.3 is 5.69 Å². The molecule has 5 heteroatoms. The lowest BCUT2D eigenvalue weighted by Gasteiger charge is -2.19. The van der Waals surface area contributed by atoms with Gasteiger partial charge in [0.2, 0.25) is 0 Å². The molecule has 2 aromatic rings. The number of nitrogens with one attached hydrogen (secondary N) is 1. The molecular weight excluding hydrogens is 252 g/mol. The van der Waals surface area contributed by atoms with Gasteiger partial charge in [-0.15, -0.1) is 0 Å². The van der Waals surface area contributed by atoms with Crippen LogP contribution in [0.15, 0.2) is 29.3 Å². The zero-order valence-corrected chi connectivity index (χ0v) is 12.6. The van der Waals surface area contributed by atoms with Crippen molar-refractivity contribution in [2.45, 2.75) is 33.4 Å². The topological polar surface area (TPSA) is 51.9 Å². The van der Waals surface area contributed by atoms with Gasteiger partial charge in [-0.25, -0.2) is 9.48 Å². The Bertz CT molecular complexity index is 621. The summed E-state index contributed by atoms with van der Waals surface area (Å²) in [5, 5.41) is 7.56. The highest BCUT2D eigenvalue weighted by atomic mass is 16.2. The maximum Gasteiger partial charge on any atom is 0.345 e. The van der Waals surface area contributed by atoms with E-state index in [4.69, 9.17) is 0 Å². The van der Waals surface area contributed by atoms with Gasteiger partial charge in [0.15, 0.2) is 0 Å². The van der Waals surface area contributed by atoms with Gasteiger partial charge in [0.1, 0.15) is 6.33 Å². The summed E-state index contributed by atoms with van der Waals surface area (Å²) in [5.74, 6) is 0. The van der Waals surface area contributed by atoms with Crippen LogP contribution in [0.1, 0.15) is 29.7 Å². The monoisotopic (exact) mass is 274 g/mol. The van der Waals surface area contributed by atoms with Crippen molar-refractivity contribution >= 4 is 0 Å². The van der Waals surface area contributed by atoms with E-state index in [1.54, 1.807) is 13.4 Å². The first kappa shape index (κ1) is 14.5. The Morgan fingerprint density at radius 3 is 2.40 bits per heavy atom. The van der Waals surface area contributed by atoms with Crippen LogP contribution in [0.25, 0.3) is 0 Å². The molecule has 1 aromatic heterocycles. The second kappa shape index (κ2) is 6.05. The molecule has 1 heterocycles. The molecule has 0 aliphatic carbocycles. The fourth-order valence-electron chi connectivity index (χ4n) is 2.46. The Labute approximate surface area is 119 Å². The Kier molecular flexibility index (Phi) is 4.39. The minimum absolute atomic E-state index is 0.0859. The minimum atomic E-state index is -0.0859. The lowest BCUT2D eigenvalue weighted by atomic mass is 10.0. The summed E-state index contributed by atoms with van der Waals surface area (Å²) in [5.41, 5.74) is 3.58. The van der Waals surface area contributed by atoms with Crippen molar-refractivity contribution in [1.82, 2.24) is 19.7 Å². The summed E-state index contributed by atoms with van der Waals surface area (Å²) < 4.78 is 3.00. The van der Waals surface area contributed by atoms with E-state index >= 15 is 0 Å². The number of aryl methyl sites for hydroxylation is 3. The molecule has 0 bridgehead atoms. The summed E-state index contributed by atoms with van der Waals surface area (Å²) in [6.07, 6.45) is 1.55. The van der Waals surface area contributed by atoms with Crippen LogP contribution in [-0.4, -0.2) is 20.9 Å². The van der Waals surface area contributed by atoms with Gasteiger partial charge in [0, 0.05) is 7.05 Å². The predicted octanol–water partition coefficient (Wildman–Crippen LogP) is 1.55. The molecule has 1 unspecified atom stereocenters. The number of likely N-dealkylation sites (N-methyl/N-ethyl adjacent to an activating group) is 1. The molecule has 1 N–H and O–H groups in total. The number of hydrogen-bond donors (Lipinski definition) is 1. The molecule has 108 valence electrons. The molecule has 20 heavy (non-hydrogen) atoms. The van der Waals surface area contributed by atoms with Crippen molar-refractivity contribution in [2.75, 3.05) is 6.54 Å². The van der Waals surface area contributed by atoms with Crippen molar-refractivity contribution < 1.29 is 0 Å². The van der Waals surface area contributed by atoms with Crippen LogP contribution in [0.4, 0.5) is 0 Å². The van der Waals surface area contributed by atoms with Crippen LogP contribution < -0.4 is 11.0 Å². The number of nitrogens with zero attached hydrogens (tertiary/aromatic N) is 3. The third kappa shape index (κ3) is 3.17. The van der Waals surface area contributed by atoms with Crippen molar-refractivity contribution in [3.8, 4) is 0 Å². The maximum atomic E-state index is 11.9. The Morgan fingerprint density at radius 1 is 1.25 bits per heavy atom. The van der Waals surface area contributed by atoms with Crippen LogP contribution in [0, 0.1) is 13.8 Å². The second-order valence-corrected chi connectivity index (χ2v) is 5.24. The van der Waals surface area contributed by atoms with Crippen molar-refractivity contribution in [3.63, 3.8) is 0 Å². The maximum absolute atomic E-state index is 11.9. The molecule has 0 amide bonds. The average molecular weight is 274 g/mol. The Balaban J connectivity index is 2.31.